The van der Waals surface area contributed by atoms with E-state index >= 15 is 0 Å². The second-order valence-electron chi connectivity index (χ2n) is 5.33. The normalized spacial score (nSPS) is 9.86. The molecule has 0 aromatic heterocycles. The topological polar surface area (TPSA) is 55.1 Å². The first-order chi connectivity index (χ1) is 10.1. The van der Waals surface area contributed by atoms with Gasteiger partial charge >= 0.3 is 0 Å². The van der Waals surface area contributed by atoms with Gasteiger partial charge in [0.2, 0.25) is 5.91 Å². The lowest BCUT2D eigenvalue weighted by atomic mass is 10.1. The molecule has 118 valence electrons. The number of nitrogens with one attached hydrogen (secondary N) is 1. The molecule has 0 atom stereocenters. The minimum Gasteiger partial charge on any atom is -0.399 e. The van der Waals surface area contributed by atoms with E-state index < -0.39 is 0 Å². The molecule has 0 heterocycles. The van der Waals surface area contributed by atoms with Gasteiger partial charge in [0.05, 0.1) is 0 Å². The number of benzene rings is 2. The van der Waals surface area contributed by atoms with Gasteiger partial charge in [-0.1, -0.05) is 42.0 Å². The molecule has 0 fully saturated rings. The Bertz CT molecular complexity index is 596. The van der Waals surface area contributed by atoms with E-state index in [1.165, 1.54) is 16.7 Å². The van der Waals surface area contributed by atoms with Gasteiger partial charge in [-0.3, -0.25) is 4.79 Å². The molecule has 0 aliphatic rings. The predicted octanol–water partition coefficient (Wildman–Crippen LogP) is 3.29. The predicted molar refractivity (Wildman–Crippen MR) is 94.3 cm³/mol. The van der Waals surface area contributed by atoms with Crippen LogP contribution in [0.2, 0.25) is 0 Å². The number of carbonyl (C=O) groups excluding carboxylic acids is 1. The number of aryl methyl sites for hydroxylation is 2. The van der Waals surface area contributed by atoms with Crippen molar-refractivity contribution >= 4 is 24.0 Å². The highest BCUT2D eigenvalue weighted by molar-refractivity contribution is 5.85. The number of carbonyl (C=O) groups is 1. The molecule has 0 unspecified atom stereocenters. The fraction of sp³-hybridized carbons (Fsp3) is 0.278. The lowest BCUT2D eigenvalue weighted by molar-refractivity contribution is -0.121. The quantitative estimate of drug-likeness (QED) is 0.803. The van der Waals surface area contributed by atoms with Gasteiger partial charge < -0.3 is 11.1 Å². The summed E-state index contributed by atoms with van der Waals surface area (Å²) in [5, 5.41) is 2.96. The highest BCUT2D eigenvalue weighted by Crippen LogP contribution is 2.07. The smallest absolute Gasteiger partial charge is 0.220 e. The van der Waals surface area contributed by atoms with E-state index in [4.69, 9.17) is 5.73 Å². The van der Waals surface area contributed by atoms with Gasteiger partial charge in [0.1, 0.15) is 0 Å². The second kappa shape index (κ2) is 9.11. The number of anilines is 1. The molecule has 0 radical (unpaired) electrons. The fourth-order valence-corrected chi connectivity index (χ4v) is 2.24. The van der Waals surface area contributed by atoms with Crippen LogP contribution in [-0.4, -0.2) is 12.5 Å². The van der Waals surface area contributed by atoms with Crippen molar-refractivity contribution in [2.45, 2.75) is 26.2 Å². The molecule has 0 aliphatic heterocycles. The van der Waals surface area contributed by atoms with E-state index in [1.54, 1.807) is 0 Å². The monoisotopic (exact) mass is 318 g/mol. The number of rotatable bonds is 6. The first-order valence-electron chi connectivity index (χ1n) is 7.30. The van der Waals surface area contributed by atoms with Crippen molar-refractivity contribution in [2.75, 3.05) is 12.3 Å². The van der Waals surface area contributed by atoms with E-state index in [0.29, 0.717) is 13.0 Å². The average molecular weight is 319 g/mol. The molecule has 4 heteroatoms. The Hall–Kier alpha value is -2.00. The van der Waals surface area contributed by atoms with Crippen LogP contribution in [0.15, 0.2) is 48.5 Å². The van der Waals surface area contributed by atoms with Gasteiger partial charge in [-0.05, 0) is 43.0 Å². The fourth-order valence-electron chi connectivity index (χ4n) is 2.24. The number of nitrogens with two attached hydrogens (primary N) is 1. The minimum atomic E-state index is 0. The number of amides is 1. The molecule has 0 spiro atoms. The van der Waals surface area contributed by atoms with Crippen molar-refractivity contribution in [1.82, 2.24) is 5.32 Å². The molecular weight excluding hydrogens is 296 g/mol. The van der Waals surface area contributed by atoms with Gasteiger partial charge in [0, 0.05) is 18.7 Å². The summed E-state index contributed by atoms with van der Waals surface area (Å²) >= 11 is 0. The van der Waals surface area contributed by atoms with Crippen LogP contribution < -0.4 is 11.1 Å². The van der Waals surface area contributed by atoms with Crippen molar-refractivity contribution < 1.29 is 4.79 Å². The van der Waals surface area contributed by atoms with Crippen molar-refractivity contribution in [2.24, 2.45) is 0 Å². The van der Waals surface area contributed by atoms with Crippen LogP contribution in [0.1, 0.15) is 23.1 Å². The zero-order chi connectivity index (χ0) is 15.1. The maximum Gasteiger partial charge on any atom is 0.220 e. The second-order valence-corrected chi connectivity index (χ2v) is 5.33. The summed E-state index contributed by atoms with van der Waals surface area (Å²) < 4.78 is 0. The Labute approximate surface area is 138 Å². The zero-order valence-electron chi connectivity index (χ0n) is 12.8. The third-order valence-corrected chi connectivity index (χ3v) is 3.44. The third kappa shape index (κ3) is 6.19. The number of hydrogen-bond donors (Lipinski definition) is 2. The highest BCUT2D eigenvalue weighted by atomic mass is 35.5. The summed E-state index contributed by atoms with van der Waals surface area (Å²) in [5.74, 6) is 0.104. The first-order valence-corrected chi connectivity index (χ1v) is 7.30. The molecule has 2 aromatic rings. The van der Waals surface area contributed by atoms with Gasteiger partial charge in [-0.2, -0.15) is 0 Å². The van der Waals surface area contributed by atoms with E-state index in [0.717, 1.165) is 18.5 Å². The van der Waals surface area contributed by atoms with E-state index in [1.807, 2.05) is 30.3 Å². The summed E-state index contributed by atoms with van der Waals surface area (Å²) in [7, 11) is 0. The lowest BCUT2D eigenvalue weighted by Crippen LogP contribution is -2.25. The number of nitrogen functional groups attached to an aromatic ring is 1. The standard InChI is InChI=1S/C18H22N2O.ClH/c1-14-3-2-4-16(13-14)7-10-18(21)20-12-11-15-5-8-17(19)9-6-15;/h2-6,8-9,13H,7,10-12,19H2,1H3,(H,20,21);1H. The van der Waals surface area contributed by atoms with Crippen molar-refractivity contribution in [1.29, 1.82) is 0 Å². The van der Waals surface area contributed by atoms with Crippen molar-refractivity contribution in [3.8, 4) is 0 Å². The van der Waals surface area contributed by atoms with Crippen LogP contribution >= 0.6 is 12.4 Å². The summed E-state index contributed by atoms with van der Waals surface area (Å²) in [6, 6.07) is 16.0. The Morgan fingerprint density at radius 1 is 1.05 bits per heavy atom. The molecule has 1 amide bonds. The van der Waals surface area contributed by atoms with Crippen LogP contribution in [-0.2, 0) is 17.6 Å². The molecule has 0 saturated carbocycles. The average Bonchev–Trinajstić information content (AvgIpc) is 2.47. The summed E-state index contributed by atoms with van der Waals surface area (Å²) in [4.78, 5) is 11.8. The van der Waals surface area contributed by atoms with Crippen molar-refractivity contribution in [3.63, 3.8) is 0 Å². The molecule has 0 bridgehead atoms. The third-order valence-electron chi connectivity index (χ3n) is 3.44. The van der Waals surface area contributed by atoms with E-state index in [9.17, 15) is 4.79 Å². The molecular formula is C18H23ClN2O. The van der Waals surface area contributed by atoms with Crippen LogP contribution in [0.3, 0.4) is 0 Å². The Kier molecular flexibility index (Phi) is 7.47. The van der Waals surface area contributed by atoms with E-state index in [-0.39, 0.29) is 18.3 Å². The summed E-state index contributed by atoms with van der Waals surface area (Å²) in [5.41, 5.74) is 10.0. The molecule has 2 aromatic carbocycles. The highest BCUT2D eigenvalue weighted by Gasteiger charge is 2.02. The minimum absolute atomic E-state index is 0. The van der Waals surface area contributed by atoms with Gasteiger partial charge in [-0.25, -0.2) is 0 Å². The summed E-state index contributed by atoms with van der Waals surface area (Å²) in [6.07, 6.45) is 2.15. The van der Waals surface area contributed by atoms with Crippen LogP contribution in [0, 0.1) is 6.92 Å². The van der Waals surface area contributed by atoms with Crippen LogP contribution in [0.5, 0.6) is 0 Å². The Balaban J connectivity index is 0.00000242. The SMILES string of the molecule is Cc1cccc(CCC(=O)NCCc2ccc(N)cc2)c1.Cl. The summed E-state index contributed by atoms with van der Waals surface area (Å²) in [6.45, 7) is 2.73. The largest absolute Gasteiger partial charge is 0.399 e. The van der Waals surface area contributed by atoms with E-state index in [2.05, 4.69) is 30.4 Å². The molecule has 0 aliphatic carbocycles. The molecule has 3 nitrogen and oxygen atoms in total. The lowest BCUT2D eigenvalue weighted by Gasteiger charge is -2.06. The number of hydrogen-bond acceptors (Lipinski definition) is 2. The number of halogens is 1. The molecule has 3 N–H and O–H groups in total. The van der Waals surface area contributed by atoms with Gasteiger partial charge in [0.15, 0.2) is 0 Å². The zero-order valence-corrected chi connectivity index (χ0v) is 13.7. The maximum absolute atomic E-state index is 11.8. The molecule has 0 saturated heterocycles. The van der Waals surface area contributed by atoms with Gasteiger partial charge in [-0.15, -0.1) is 12.4 Å². The Morgan fingerprint density at radius 3 is 2.45 bits per heavy atom. The van der Waals surface area contributed by atoms with Crippen LogP contribution in [0.4, 0.5) is 5.69 Å². The van der Waals surface area contributed by atoms with Crippen molar-refractivity contribution in [3.05, 3.63) is 65.2 Å². The first kappa shape index (κ1) is 18.1. The van der Waals surface area contributed by atoms with Crippen LogP contribution in [0.25, 0.3) is 0 Å². The maximum atomic E-state index is 11.8. The van der Waals surface area contributed by atoms with Gasteiger partial charge in [0.25, 0.3) is 0 Å². The Morgan fingerprint density at radius 2 is 1.77 bits per heavy atom. The molecule has 2 rings (SSSR count). The molecule has 22 heavy (non-hydrogen) atoms.